The third-order valence-corrected chi connectivity index (χ3v) is 5.33. The number of nitrogens with zero attached hydrogens (tertiary/aromatic N) is 4. The third-order valence-electron chi connectivity index (χ3n) is 5.33. The lowest BCUT2D eigenvalue weighted by atomic mass is 10.1. The number of nitrogens with two attached hydrogens (primary N) is 1. The molecule has 0 aliphatic carbocycles. The molecule has 148 valence electrons. The number of aryl methyl sites for hydroxylation is 4. The van der Waals surface area contributed by atoms with Gasteiger partial charge in [-0.2, -0.15) is 0 Å². The number of benzene rings is 1. The van der Waals surface area contributed by atoms with E-state index in [1.807, 2.05) is 17.7 Å². The summed E-state index contributed by atoms with van der Waals surface area (Å²) in [6, 6.07) is 6.40. The van der Waals surface area contributed by atoms with Crippen molar-refractivity contribution < 1.29 is 4.74 Å². The van der Waals surface area contributed by atoms with E-state index in [1.165, 1.54) is 11.1 Å². The molecule has 4 rings (SSSR count). The minimum Gasteiger partial charge on any atom is -0.363 e. The Morgan fingerprint density at radius 2 is 1.93 bits per heavy atom. The fourth-order valence-corrected chi connectivity index (χ4v) is 4.20. The van der Waals surface area contributed by atoms with Gasteiger partial charge in [0.1, 0.15) is 11.7 Å². The van der Waals surface area contributed by atoms with E-state index in [9.17, 15) is 4.79 Å². The molecule has 3 heterocycles. The fraction of sp³-hybridized carbons (Fsp3) is 0.429. The van der Waals surface area contributed by atoms with Crippen LogP contribution in [0.1, 0.15) is 22.3 Å². The van der Waals surface area contributed by atoms with Gasteiger partial charge in [-0.1, -0.05) is 29.3 Å². The number of pyridine rings is 1. The molecule has 1 unspecified atom stereocenters. The first-order valence-electron chi connectivity index (χ1n) is 9.59. The molecule has 7 heteroatoms. The van der Waals surface area contributed by atoms with Gasteiger partial charge in [0.15, 0.2) is 5.65 Å². The summed E-state index contributed by atoms with van der Waals surface area (Å²) in [6.07, 6.45) is 1.50. The van der Waals surface area contributed by atoms with E-state index >= 15 is 0 Å². The highest BCUT2D eigenvalue weighted by atomic mass is 16.5. The molecule has 3 aromatic rings. The molecule has 1 aromatic carbocycles. The Labute approximate surface area is 164 Å². The first kappa shape index (κ1) is 18.7. The molecule has 1 saturated heterocycles. The third kappa shape index (κ3) is 3.21. The number of rotatable bonds is 3. The van der Waals surface area contributed by atoms with Crippen LogP contribution in [0.4, 0.5) is 5.69 Å². The molecule has 1 fully saturated rings. The topological polar surface area (TPSA) is 78.3 Å². The number of hydrogen-bond donors (Lipinski definition) is 1. The highest BCUT2D eigenvalue weighted by Gasteiger charge is 2.25. The van der Waals surface area contributed by atoms with Crippen LogP contribution in [0.5, 0.6) is 0 Å². The minimum absolute atomic E-state index is 0.0638. The second-order valence-corrected chi connectivity index (χ2v) is 7.74. The summed E-state index contributed by atoms with van der Waals surface area (Å²) in [5.41, 5.74) is 13.1. The van der Waals surface area contributed by atoms with Crippen molar-refractivity contribution >= 4 is 16.9 Å². The van der Waals surface area contributed by atoms with Crippen molar-refractivity contribution in [1.82, 2.24) is 14.1 Å². The van der Waals surface area contributed by atoms with Crippen molar-refractivity contribution in [3.05, 3.63) is 57.1 Å². The van der Waals surface area contributed by atoms with Crippen molar-refractivity contribution in [2.45, 2.75) is 33.5 Å². The molecule has 2 N–H and O–H groups in total. The summed E-state index contributed by atoms with van der Waals surface area (Å²) >= 11 is 0. The van der Waals surface area contributed by atoms with Crippen LogP contribution in [0.15, 0.2) is 29.2 Å². The van der Waals surface area contributed by atoms with Gasteiger partial charge < -0.3 is 15.4 Å². The van der Waals surface area contributed by atoms with Gasteiger partial charge in [0.2, 0.25) is 0 Å². The number of hydrogen-bond acceptors (Lipinski definition) is 5. The average Bonchev–Trinajstić information content (AvgIpc) is 2.86. The van der Waals surface area contributed by atoms with Crippen molar-refractivity contribution in [1.29, 1.82) is 0 Å². The number of ether oxygens (including phenoxy) is 1. The van der Waals surface area contributed by atoms with Crippen molar-refractivity contribution in [3.8, 4) is 0 Å². The number of imidazole rings is 1. The Morgan fingerprint density at radius 1 is 1.21 bits per heavy atom. The molecule has 0 amide bonds. The minimum atomic E-state index is -0.334. The predicted molar refractivity (Wildman–Crippen MR) is 111 cm³/mol. The van der Waals surface area contributed by atoms with Gasteiger partial charge in [-0.05, 0) is 31.9 Å². The Kier molecular flexibility index (Phi) is 4.72. The predicted octanol–water partition coefficient (Wildman–Crippen LogP) is 1.83. The lowest BCUT2D eigenvalue weighted by Crippen LogP contribution is -2.47. The highest BCUT2D eigenvalue weighted by Crippen LogP contribution is 2.30. The van der Waals surface area contributed by atoms with E-state index in [2.05, 4.69) is 41.9 Å². The van der Waals surface area contributed by atoms with Crippen LogP contribution in [0.25, 0.3) is 11.2 Å². The zero-order chi connectivity index (χ0) is 20.0. The molecule has 0 saturated carbocycles. The molecule has 0 radical (unpaired) electrons. The Hall–Kier alpha value is -2.64. The zero-order valence-corrected chi connectivity index (χ0v) is 16.9. The van der Waals surface area contributed by atoms with Crippen molar-refractivity contribution in [2.75, 3.05) is 24.6 Å². The van der Waals surface area contributed by atoms with Gasteiger partial charge >= 0.3 is 5.69 Å². The number of fused-ring (bicyclic) bond motifs is 1. The van der Waals surface area contributed by atoms with Gasteiger partial charge in [0, 0.05) is 19.8 Å². The van der Waals surface area contributed by atoms with E-state index < -0.39 is 0 Å². The van der Waals surface area contributed by atoms with Gasteiger partial charge in [-0.25, -0.2) is 9.78 Å². The highest BCUT2D eigenvalue weighted by molar-refractivity contribution is 5.89. The molecule has 0 bridgehead atoms. The second kappa shape index (κ2) is 7.07. The molecule has 2 aromatic heterocycles. The molecular weight excluding hydrogens is 354 g/mol. The Morgan fingerprint density at radius 3 is 2.61 bits per heavy atom. The lowest BCUT2D eigenvalue weighted by Gasteiger charge is -2.34. The zero-order valence-electron chi connectivity index (χ0n) is 16.9. The second-order valence-electron chi connectivity index (χ2n) is 7.74. The van der Waals surface area contributed by atoms with E-state index in [0.29, 0.717) is 25.3 Å². The number of morpholine rings is 1. The normalized spacial score (nSPS) is 17.5. The molecule has 1 atom stereocenters. The maximum Gasteiger partial charge on any atom is 0.330 e. The molecule has 1 aliphatic rings. The number of anilines is 1. The van der Waals surface area contributed by atoms with E-state index in [4.69, 9.17) is 10.5 Å². The summed E-state index contributed by atoms with van der Waals surface area (Å²) < 4.78 is 8.97. The molecule has 0 spiro atoms. The quantitative estimate of drug-likeness (QED) is 0.749. The van der Waals surface area contributed by atoms with Crippen LogP contribution in [-0.4, -0.2) is 40.0 Å². The van der Waals surface area contributed by atoms with Crippen molar-refractivity contribution in [3.63, 3.8) is 0 Å². The summed E-state index contributed by atoms with van der Waals surface area (Å²) in [4.78, 5) is 19.9. The van der Waals surface area contributed by atoms with Crippen LogP contribution in [0, 0.1) is 20.8 Å². The van der Waals surface area contributed by atoms with Crippen LogP contribution in [0.3, 0.4) is 0 Å². The van der Waals surface area contributed by atoms with Gasteiger partial charge in [0.25, 0.3) is 0 Å². The maximum atomic E-state index is 13.1. The van der Waals surface area contributed by atoms with Crippen molar-refractivity contribution in [2.24, 2.45) is 12.8 Å². The van der Waals surface area contributed by atoms with E-state index in [-0.39, 0.29) is 11.9 Å². The summed E-state index contributed by atoms with van der Waals surface area (Å²) in [5.74, 6) is 0. The van der Waals surface area contributed by atoms with Crippen LogP contribution in [-0.2, 0) is 18.3 Å². The van der Waals surface area contributed by atoms with Gasteiger partial charge in [0.05, 0.1) is 25.4 Å². The Balaban J connectivity index is 1.92. The van der Waals surface area contributed by atoms with Crippen LogP contribution < -0.4 is 16.3 Å². The van der Waals surface area contributed by atoms with Gasteiger partial charge in [-0.3, -0.25) is 9.13 Å². The van der Waals surface area contributed by atoms with E-state index in [1.54, 1.807) is 11.6 Å². The largest absolute Gasteiger partial charge is 0.363 e. The smallest absolute Gasteiger partial charge is 0.330 e. The lowest BCUT2D eigenvalue weighted by molar-refractivity contribution is 0.0452. The maximum absolute atomic E-state index is 13.1. The fourth-order valence-electron chi connectivity index (χ4n) is 4.20. The average molecular weight is 381 g/mol. The molecule has 1 aliphatic heterocycles. The SMILES string of the molecule is Cc1cc(C)cc(Cn2c(=O)n(C)c3ncc(C)c(N4CCOC(N)C4)c32)c1. The summed E-state index contributed by atoms with van der Waals surface area (Å²) in [5, 5.41) is 0. The first-order chi connectivity index (χ1) is 13.3. The van der Waals surface area contributed by atoms with Gasteiger partial charge in [-0.15, -0.1) is 0 Å². The first-order valence-corrected chi connectivity index (χ1v) is 9.59. The van der Waals surface area contributed by atoms with Crippen LogP contribution >= 0.6 is 0 Å². The Bertz CT molecular complexity index is 1080. The molecule has 7 nitrogen and oxygen atoms in total. The monoisotopic (exact) mass is 381 g/mol. The number of aromatic nitrogens is 3. The van der Waals surface area contributed by atoms with Crippen LogP contribution in [0.2, 0.25) is 0 Å². The standard InChI is InChI=1S/C21H27N5O2/c1-13-7-14(2)9-16(8-13)11-26-19-18(25-5-6-28-17(22)12-25)15(3)10-23-20(19)24(4)21(26)27/h7-10,17H,5-6,11-12,22H2,1-4H3. The summed E-state index contributed by atoms with van der Waals surface area (Å²) in [6.45, 7) is 8.59. The molecular formula is C21H27N5O2. The summed E-state index contributed by atoms with van der Waals surface area (Å²) in [7, 11) is 1.78. The molecule has 28 heavy (non-hydrogen) atoms. The van der Waals surface area contributed by atoms with E-state index in [0.717, 1.165) is 28.9 Å².